The zero-order valence-corrected chi connectivity index (χ0v) is 14.2. The maximum absolute atomic E-state index is 12.7. The van der Waals surface area contributed by atoms with Crippen LogP contribution in [0.15, 0.2) is 28.9 Å². The predicted octanol–water partition coefficient (Wildman–Crippen LogP) is 5.19. The second-order valence-electron chi connectivity index (χ2n) is 5.27. The van der Waals surface area contributed by atoms with Crippen molar-refractivity contribution in [3.05, 3.63) is 39.6 Å². The molecule has 3 nitrogen and oxygen atoms in total. The second kappa shape index (κ2) is 6.20. The largest absolute Gasteiger partial charge is 0.420 e. The van der Waals surface area contributed by atoms with E-state index in [0.717, 1.165) is 10.9 Å². The van der Waals surface area contributed by atoms with E-state index in [1.807, 2.05) is 26.0 Å². The third kappa shape index (κ3) is 3.63. The molecule has 0 fully saturated rings. The number of nitrogens with zero attached hydrogens (tertiary/aromatic N) is 2. The summed E-state index contributed by atoms with van der Waals surface area (Å²) in [5, 5.41) is 2.42. The molecule has 0 aliphatic heterocycles. The summed E-state index contributed by atoms with van der Waals surface area (Å²) in [6.45, 7) is 4.08. The first-order valence-electron chi connectivity index (χ1n) is 6.58. The lowest BCUT2D eigenvalue weighted by Crippen LogP contribution is -2.37. The molecule has 2 unspecified atom stereocenters. The molecule has 0 radical (unpaired) electrons. The lowest BCUT2D eigenvalue weighted by atomic mass is 9.77. The standard InChI is InChI=1S/C14H14BrClF3N3/c1-3-13(2)6-8(15)4-5-10(13)21-12-20-7-9(11(16)22-12)14(17,18)19/h4-7,10H,3H2,1-2H3,(H,20,21,22). The highest BCUT2D eigenvalue weighted by Crippen LogP contribution is 2.37. The van der Waals surface area contributed by atoms with Gasteiger partial charge in [-0.05, 0) is 6.42 Å². The normalized spacial score (nSPS) is 25.0. The summed E-state index contributed by atoms with van der Waals surface area (Å²) in [6, 6.07) is -0.147. The van der Waals surface area contributed by atoms with E-state index in [4.69, 9.17) is 11.6 Å². The number of hydrogen-bond acceptors (Lipinski definition) is 3. The van der Waals surface area contributed by atoms with Gasteiger partial charge in [0.25, 0.3) is 0 Å². The summed E-state index contributed by atoms with van der Waals surface area (Å²) < 4.78 is 38.9. The van der Waals surface area contributed by atoms with Gasteiger partial charge in [-0.2, -0.15) is 13.2 Å². The number of rotatable bonds is 3. The highest BCUT2D eigenvalue weighted by Gasteiger charge is 2.35. The molecular weight excluding hydrogens is 383 g/mol. The van der Waals surface area contributed by atoms with Crippen LogP contribution in [0.1, 0.15) is 25.8 Å². The van der Waals surface area contributed by atoms with Crippen molar-refractivity contribution in [2.75, 3.05) is 5.32 Å². The lowest BCUT2D eigenvalue weighted by Gasteiger charge is -2.35. The van der Waals surface area contributed by atoms with Crippen molar-refractivity contribution in [3.8, 4) is 0 Å². The van der Waals surface area contributed by atoms with Crippen LogP contribution >= 0.6 is 27.5 Å². The Morgan fingerprint density at radius 2 is 2.14 bits per heavy atom. The van der Waals surface area contributed by atoms with Crippen LogP contribution < -0.4 is 5.32 Å². The fourth-order valence-corrected chi connectivity index (χ4v) is 3.07. The van der Waals surface area contributed by atoms with Gasteiger partial charge in [0.1, 0.15) is 10.7 Å². The van der Waals surface area contributed by atoms with Crippen LogP contribution in [0, 0.1) is 5.41 Å². The maximum atomic E-state index is 12.7. The van der Waals surface area contributed by atoms with Gasteiger partial charge in [-0.15, -0.1) is 0 Å². The van der Waals surface area contributed by atoms with Crippen LogP contribution in [-0.2, 0) is 6.18 Å². The van der Waals surface area contributed by atoms with Crippen LogP contribution in [0.25, 0.3) is 0 Å². The highest BCUT2D eigenvalue weighted by atomic mass is 79.9. The fraction of sp³-hybridized carbons (Fsp3) is 0.429. The average Bonchev–Trinajstić information content (AvgIpc) is 2.40. The van der Waals surface area contributed by atoms with Crippen LogP contribution in [0.3, 0.4) is 0 Å². The fourth-order valence-electron chi connectivity index (χ4n) is 2.16. The van der Waals surface area contributed by atoms with Crippen molar-refractivity contribution in [1.29, 1.82) is 0 Å². The Bertz CT molecular complexity index is 630. The Labute approximate surface area is 139 Å². The molecule has 120 valence electrons. The molecule has 1 heterocycles. The van der Waals surface area contributed by atoms with Crippen LogP contribution in [0.4, 0.5) is 19.1 Å². The van der Waals surface area contributed by atoms with E-state index in [-0.39, 0.29) is 17.4 Å². The highest BCUT2D eigenvalue weighted by molar-refractivity contribution is 9.11. The molecule has 1 aromatic rings. The summed E-state index contributed by atoms with van der Waals surface area (Å²) >= 11 is 9.04. The molecule has 0 saturated carbocycles. The van der Waals surface area contributed by atoms with Gasteiger partial charge >= 0.3 is 6.18 Å². The smallest absolute Gasteiger partial charge is 0.347 e. The predicted molar refractivity (Wildman–Crippen MR) is 84.0 cm³/mol. The van der Waals surface area contributed by atoms with E-state index < -0.39 is 16.9 Å². The molecule has 1 N–H and O–H groups in total. The molecule has 0 spiro atoms. The first-order valence-corrected chi connectivity index (χ1v) is 7.75. The number of allylic oxidation sites excluding steroid dienone is 2. The van der Waals surface area contributed by atoms with E-state index in [2.05, 4.69) is 37.3 Å². The lowest BCUT2D eigenvalue weighted by molar-refractivity contribution is -0.137. The van der Waals surface area contributed by atoms with Gasteiger partial charge in [0.15, 0.2) is 0 Å². The zero-order valence-electron chi connectivity index (χ0n) is 11.9. The van der Waals surface area contributed by atoms with Gasteiger partial charge in [-0.25, -0.2) is 9.97 Å². The van der Waals surface area contributed by atoms with Gasteiger partial charge < -0.3 is 5.32 Å². The number of aromatic nitrogens is 2. The Morgan fingerprint density at radius 1 is 1.45 bits per heavy atom. The van der Waals surface area contributed by atoms with Crippen molar-refractivity contribution in [3.63, 3.8) is 0 Å². The molecule has 0 bridgehead atoms. The minimum absolute atomic E-state index is 0.0683. The third-order valence-corrected chi connectivity index (χ3v) is 4.50. The number of alkyl halides is 3. The average molecular weight is 397 g/mol. The number of anilines is 1. The van der Waals surface area contributed by atoms with Crippen molar-refractivity contribution in [2.45, 2.75) is 32.5 Å². The molecule has 0 aromatic carbocycles. The Balaban J connectivity index is 2.25. The molecule has 2 rings (SSSR count). The monoisotopic (exact) mass is 395 g/mol. The van der Waals surface area contributed by atoms with Crippen molar-refractivity contribution < 1.29 is 13.2 Å². The Morgan fingerprint density at radius 3 is 2.68 bits per heavy atom. The van der Waals surface area contributed by atoms with Gasteiger partial charge in [-0.1, -0.05) is 59.6 Å². The van der Waals surface area contributed by atoms with Gasteiger partial charge in [0.2, 0.25) is 5.95 Å². The van der Waals surface area contributed by atoms with Crippen LogP contribution in [-0.4, -0.2) is 16.0 Å². The minimum atomic E-state index is -4.56. The molecule has 22 heavy (non-hydrogen) atoms. The SMILES string of the molecule is CCC1(C)C=C(Br)C=CC1Nc1ncc(C(F)(F)F)c(Cl)n1. The maximum Gasteiger partial charge on any atom is 0.420 e. The van der Waals surface area contributed by atoms with E-state index in [0.29, 0.717) is 6.20 Å². The van der Waals surface area contributed by atoms with E-state index in [9.17, 15) is 13.2 Å². The molecule has 0 amide bonds. The number of hydrogen-bond donors (Lipinski definition) is 1. The van der Waals surface area contributed by atoms with Gasteiger partial charge in [-0.3, -0.25) is 0 Å². The first-order chi connectivity index (χ1) is 10.2. The van der Waals surface area contributed by atoms with Gasteiger partial charge in [0.05, 0.1) is 6.04 Å². The summed E-state index contributed by atoms with van der Waals surface area (Å²) in [7, 11) is 0. The molecule has 1 aliphatic carbocycles. The molecular formula is C14H14BrClF3N3. The molecule has 0 saturated heterocycles. The third-order valence-electron chi connectivity index (χ3n) is 3.72. The van der Waals surface area contributed by atoms with Gasteiger partial charge in [0, 0.05) is 16.1 Å². The number of nitrogens with one attached hydrogen (secondary N) is 1. The molecule has 2 atom stereocenters. The summed E-state index contributed by atoms with van der Waals surface area (Å²) in [4.78, 5) is 7.44. The molecule has 8 heteroatoms. The molecule has 1 aliphatic rings. The number of halogens is 5. The quantitative estimate of drug-likeness (QED) is 0.714. The topological polar surface area (TPSA) is 37.8 Å². The van der Waals surface area contributed by atoms with E-state index in [1.54, 1.807) is 0 Å². The first kappa shape index (κ1) is 17.3. The summed E-state index contributed by atoms with van der Waals surface area (Å²) in [5.41, 5.74) is -1.26. The van der Waals surface area contributed by atoms with Crippen molar-refractivity contribution in [2.24, 2.45) is 5.41 Å². The van der Waals surface area contributed by atoms with Crippen molar-refractivity contribution >= 4 is 33.5 Å². The molecule has 1 aromatic heterocycles. The zero-order chi connectivity index (χ0) is 16.5. The van der Waals surface area contributed by atoms with E-state index in [1.165, 1.54) is 0 Å². The Hall–Kier alpha value is -1.08. The summed E-state index contributed by atoms with van der Waals surface area (Å²) in [6.07, 6.45) is 2.81. The minimum Gasteiger partial charge on any atom is -0.347 e. The van der Waals surface area contributed by atoms with E-state index >= 15 is 0 Å². The van der Waals surface area contributed by atoms with Crippen LogP contribution in [0.5, 0.6) is 0 Å². The van der Waals surface area contributed by atoms with Crippen LogP contribution in [0.2, 0.25) is 5.15 Å². The second-order valence-corrected chi connectivity index (χ2v) is 6.54. The van der Waals surface area contributed by atoms with Crippen molar-refractivity contribution in [1.82, 2.24) is 9.97 Å². The summed E-state index contributed by atoms with van der Waals surface area (Å²) in [5.74, 6) is 0.0683. The Kier molecular flexibility index (Phi) is 4.87.